The zero-order valence-corrected chi connectivity index (χ0v) is 11.1. The summed E-state index contributed by atoms with van der Waals surface area (Å²) in [5.74, 6) is -0.0205. The third kappa shape index (κ3) is 3.69. The topological polar surface area (TPSA) is 56.9 Å². The second kappa shape index (κ2) is 6.75. The van der Waals surface area contributed by atoms with Gasteiger partial charge < -0.3 is 15.6 Å². The van der Waals surface area contributed by atoms with E-state index in [9.17, 15) is 4.79 Å². The van der Waals surface area contributed by atoms with Gasteiger partial charge in [-0.15, -0.1) is 0 Å². The molecule has 1 aromatic heterocycles. The molecule has 0 saturated heterocycles. The predicted molar refractivity (Wildman–Crippen MR) is 76.0 cm³/mol. The van der Waals surface area contributed by atoms with E-state index in [1.807, 2.05) is 49.8 Å². The number of carbonyl (C=O) groups is 1. The monoisotopic (exact) mass is 257 g/mol. The molecule has 0 radical (unpaired) electrons. The van der Waals surface area contributed by atoms with Gasteiger partial charge in [0.25, 0.3) is 5.91 Å². The molecule has 4 nitrogen and oxygen atoms in total. The van der Waals surface area contributed by atoms with Crippen molar-refractivity contribution in [3.05, 3.63) is 59.4 Å². The van der Waals surface area contributed by atoms with Crippen LogP contribution in [0.25, 0.3) is 0 Å². The van der Waals surface area contributed by atoms with Gasteiger partial charge in [-0.2, -0.15) is 0 Å². The second-order valence-electron chi connectivity index (χ2n) is 4.41. The first-order chi connectivity index (χ1) is 9.31. The summed E-state index contributed by atoms with van der Waals surface area (Å²) >= 11 is 0. The summed E-state index contributed by atoms with van der Waals surface area (Å²) in [5.41, 5.74) is 2.90. The molecule has 0 unspecified atom stereocenters. The molecular weight excluding hydrogens is 238 g/mol. The number of carbonyl (C=O) groups excluding carboxylic acids is 1. The van der Waals surface area contributed by atoms with Crippen LogP contribution in [-0.4, -0.2) is 24.5 Å². The smallest absolute Gasteiger partial charge is 0.251 e. The lowest BCUT2D eigenvalue weighted by Crippen LogP contribution is -2.24. The van der Waals surface area contributed by atoms with Crippen molar-refractivity contribution in [1.82, 2.24) is 15.6 Å². The van der Waals surface area contributed by atoms with Crippen molar-refractivity contribution in [1.29, 1.82) is 0 Å². The number of hydrogen-bond acceptors (Lipinski definition) is 2. The summed E-state index contributed by atoms with van der Waals surface area (Å²) in [6.45, 7) is 1.41. The molecule has 4 heteroatoms. The minimum atomic E-state index is -0.0205. The van der Waals surface area contributed by atoms with E-state index in [0.717, 1.165) is 29.7 Å². The zero-order chi connectivity index (χ0) is 13.5. The summed E-state index contributed by atoms with van der Waals surface area (Å²) < 4.78 is 0. The third-order valence-corrected chi connectivity index (χ3v) is 3.02. The van der Waals surface area contributed by atoms with Gasteiger partial charge in [-0.05, 0) is 43.3 Å². The maximum atomic E-state index is 12.2. The van der Waals surface area contributed by atoms with Gasteiger partial charge in [0.2, 0.25) is 0 Å². The Hall–Kier alpha value is -2.07. The number of aromatic nitrogens is 1. The lowest BCUT2D eigenvalue weighted by molar-refractivity contribution is 0.0950. The van der Waals surface area contributed by atoms with E-state index in [4.69, 9.17) is 0 Å². The third-order valence-electron chi connectivity index (χ3n) is 3.02. The molecule has 0 bridgehead atoms. The van der Waals surface area contributed by atoms with Crippen molar-refractivity contribution in [3.63, 3.8) is 0 Å². The fourth-order valence-corrected chi connectivity index (χ4v) is 1.97. The lowest BCUT2D eigenvalue weighted by atomic mass is 10.0. The van der Waals surface area contributed by atoms with Crippen molar-refractivity contribution in [2.45, 2.75) is 13.0 Å². The molecule has 0 fully saturated rings. The fraction of sp³-hybridized carbons (Fsp3) is 0.267. The Kier molecular flexibility index (Phi) is 4.75. The number of H-pyrrole nitrogens is 1. The summed E-state index contributed by atoms with van der Waals surface area (Å²) in [6.07, 6.45) is 4.58. The molecule has 2 aromatic rings. The Balaban J connectivity index is 2.01. The van der Waals surface area contributed by atoms with E-state index in [2.05, 4.69) is 15.6 Å². The van der Waals surface area contributed by atoms with Crippen LogP contribution in [0.5, 0.6) is 0 Å². The average molecular weight is 257 g/mol. The first-order valence-corrected chi connectivity index (χ1v) is 6.43. The van der Waals surface area contributed by atoms with E-state index in [1.165, 1.54) is 0 Å². The highest BCUT2D eigenvalue weighted by Gasteiger charge is 2.10. The molecule has 19 heavy (non-hydrogen) atoms. The van der Waals surface area contributed by atoms with E-state index in [1.54, 1.807) is 0 Å². The highest BCUT2D eigenvalue weighted by molar-refractivity contribution is 5.95. The van der Waals surface area contributed by atoms with Crippen LogP contribution in [0.3, 0.4) is 0 Å². The Labute approximate surface area is 113 Å². The minimum Gasteiger partial charge on any atom is -0.367 e. The Morgan fingerprint density at radius 2 is 2.11 bits per heavy atom. The second-order valence-corrected chi connectivity index (χ2v) is 4.41. The number of rotatable bonds is 6. The van der Waals surface area contributed by atoms with E-state index >= 15 is 0 Å². The van der Waals surface area contributed by atoms with Crippen molar-refractivity contribution in [2.24, 2.45) is 0 Å². The minimum absolute atomic E-state index is 0.0205. The SMILES string of the molecule is CNCCc1ccccc1C(=O)NCc1cc[nH]c1. The van der Waals surface area contributed by atoms with Crippen molar-refractivity contribution in [2.75, 3.05) is 13.6 Å². The Morgan fingerprint density at radius 1 is 1.26 bits per heavy atom. The van der Waals surface area contributed by atoms with Crippen LogP contribution in [0, 0.1) is 0 Å². The van der Waals surface area contributed by atoms with Gasteiger partial charge in [0.05, 0.1) is 0 Å². The van der Waals surface area contributed by atoms with Crippen molar-refractivity contribution < 1.29 is 4.79 Å². The number of hydrogen-bond donors (Lipinski definition) is 3. The van der Waals surface area contributed by atoms with E-state index in [-0.39, 0.29) is 5.91 Å². The van der Waals surface area contributed by atoms with Gasteiger partial charge in [0.15, 0.2) is 0 Å². The number of aromatic amines is 1. The van der Waals surface area contributed by atoms with Crippen LogP contribution in [0.2, 0.25) is 0 Å². The number of nitrogens with one attached hydrogen (secondary N) is 3. The Morgan fingerprint density at radius 3 is 2.84 bits per heavy atom. The van der Waals surface area contributed by atoms with E-state index in [0.29, 0.717) is 6.54 Å². The van der Waals surface area contributed by atoms with Gasteiger partial charge in [-0.3, -0.25) is 4.79 Å². The van der Waals surface area contributed by atoms with Crippen LogP contribution < -0.4 is 10.6 Å². The molecule has 100 valence electrons. The number of benzene rings is 1. The van der Waals surface area contributed by atoms with Crippen LogP contribution in [-0.2, 0) is 13.0 Å². The quantitative estimate of drug-likeness (QED) is 0.738. The van der Waals surface area contributed by atoms with Gasteiger partial charge >= 0.3 is 0 Å². The van der Waals surface area contributed by atoms with Gasteiger partial charge in [0, 0.05) is 24.5 Å². The van der Waals surface area contributed by atoms with Gasteiger partial charge in [-0.25, -0.2) is 0 Å². The maximum Gasteiger partial charge on any atom is 0.251 e. The number of likely N-dealkylation sites (N-methyl/N-ethyl adjacent to an activating group) is 1. The molecule has 0 spiro atoms. The van der Waals surface area contributed by atoms with E-state index < -0.39 is 0 Å². The molecule has 1 amide bonds. The van der Waals surface area contributed by atoms with Gasteiger partial charge in [0.1, 0.15) is 0 Å². The first-order valence-electron chi connectivity index (χ1n) is 6.43. The van der Waals surface area contributed by atoms with Crippen molar-refractivity contribution in [3.8, 4) is 0 Å². The first kappa shape index (κ1) is 13.4. The molecule has 0 aliphatic heterocycles. The molecular formula is C15H19N3O. The molecule has 1 aromatic carbocycles. The average Bonchev–Trinajstić information content (AvgIpc) is 2.96. The summed E-state index contributed by atoms with van der Waals surface area (Å²) in [4.78, 5) is 15.2. The molecule has 3 N–H and O–H groups in total. The van der Waals surface area contributed by atoms with Crippen LogP contribution >= 0.6 is 0 Å². The summed E-state index contributed by atoms with van der Waals surface area (Å²) in [5, 5.41) is 6.04. The molecule has 2 rings (SSSR count). The molecule has 0 atom stereocenters. The fourth-order valence-electron chi connectivity index (χ4n) is 1.97. The Bertz CT molecular complexity index is 520. The summed E-state index contributed by atoms with van der Waals surface area (Å²) in [7, 11) is 1.91. The van der Waals surface area contributed by atoms with Crippen LogP contribution in [0.15, 0.2) is 42.7 Å². The zero-order valence-electron chi connectivity index (χ0n) is 11.1. The summed E-state index contributed by atoms with van der Waals surface area (Å²) in [6, 6.07) is 9.69. The molecule has 1 heterocycles. The molecule has 0 aliphatic rings. The van der Waals surface area contributed by atoms with Crippen molar-refractivity contribution >= 4 is 5.91 Å². The lowest BCUT2D eigenvalue weighted by Gasteiger charge is -2.09. The standard InChI is InChI=1S/C15H19N3O/c1-16-8-7-13-4-2-3-5-14(13)15(19)18-11-12-6-9-17-10-12/h2-6,9-10,16-17H,7-8,11H2,1H3,(H,18,19). The van der Waals surface area contributed by atoms with Gasteiger partial charge in [-0.1, -0.05) is 18.2 Å². The molecule has 0 aliphatic carbocycles. The number of amides is 1. The largest absolute Gasteiger partial charge is 0.367 e. The predicted octanol–water partition coefficient (Wildman–Crippen LogP) is 1.71. The normalized spacial score (nSPS) is 10.4. The van der Waals surface area contributed by atoms with Crippen LogP contribution in [0.4, 0.5) is 0 Å². The molecule has 0 saturated carbocycles. The van der Waals surface area contributed by atoms with Crippen LogP contribution in [0.1, 0.15) is 21.5 Å². The highest BCUT2D eigenvalue weighted by atomic mass is 16.1. The highest BCUT2D eigenvalue weighted by Crippen LogP contribution is 2.09. The maximum absolute atomic E-state index is 12.2.